The molecule has 2 aliphatic rings. The quantitative estimate of drug-likeness (QED) is 0.876. The number of carbonyl (C=O) groups excluding carboxylic acids is 2. The number of alkyl halides is 3. The van der Waals surface area contributed by atoms with Crippen LogP contribution in [0.2, 0.25) is 0 Å². The van der Waals surface area contributed by atoms with Gasteiger partial charge in [-0.1, -0.05) is 0 Å². The summed E-state index contributed by atoms with van der Waals surface area (Å²) in [5.74, 6) is -0.429. The first kappa shape index (κ1) is 18.6. The second kappa shape index (κ2) is 7.22. The molecule has 0 aromatic carbocycles. The fourth-order valence-corrected chi connectivity index (χ4v) is 3.49. The molecule has 1 aromatic heterocycles. The van der Waals surface area contributed by atoms with Crippen LogP contribution in [-0.2, 0) is 11.0 Å². The SMILES string of the molecule is CN1CCC(N2CCC(NC(=O)c3cncc(C(F)(F)F)c3)CC2)C1=O. The van der Waals surface area contributed by atoms with Crippen LogP contribution in [0.5, 0.6) is 0 Å². The lowest BCUT2D eigenvalue weighted by atomic mass is 10.0. The van der Waals surface area contributed by atoms with E-state index in [0.29, 0.717) is 32.1 Å². The van der Waals surface area contributed by atoms with E-state index in [2.05, 4.69) is 15.2 Å². The second-order valence-electron chi connectivity index (χ2n) is 6.81. The van der Waals surface area contributed by atoms with Gasteiger partial charge in [0, 0.05) is 45.1 Å². The van der Waals surface area contributed by atoms with Gasteiger partial charge in [0.25, 0.3) is 5.91 Å². The molecule has 3 rings (SSSR count). The molecule has 2 saturated heterocycles. The molecule has 2 fully saturated rings. The Labute approximate surface area is 149 Å². The normalized spacial score (nSPS) is 22.7. The molecule has 26 heavy (non-hydrogen) atoms. The first-order chi connectivity index (χ1) is 12.3. The molecular formula is C17H21F3N4O2. The number of carbonyl (C=O) groups is 2. The van der Waals surface area contributed by atoms with E-state index >= 15 is 0 Å². The average molecular weight is 370 g/mol. The van der Waals surface area contributed by atoms with Crippen LogP contribution >= 0.6 is 0 Å². The van der Waals surface area contributed by atoms with E-state index in [9.17, 15) is 22.8 Å². The number of likely N-dealkylation sites (tertiary alicyclic amines) is 2. The van der Waals surface area contributed by atoms with Gasteiger partial charge >= 0.3 is 6.18 Å². The molecule has 9 heteroatoms. The van der Waals surface area contributed by atoms with E-state index < -0.39 is 17.6 Å². The van der Waals surface area contributed by atoms with Crippen LogP contribution in [0.25, 0.3) is 0 Å². The molecule has 0 aliphatic carbocycles. The van der Waals surface area contributed by atoms with E-state index in [4.69, 9.17) is 0 Å². The number of piperidine rings is 1. The molecule has 2 amide bonds. The van der Waals surface area contributed by atoms with E-state index in [1.165, 1.54) is 0 Å². The largest absolute Gasteiger partial charge is 0.417 e. The van der Waals surface area contributed by atoms with Crippen molar-refractivity contribution in [2.45, 2.75) is 37.5 Å². The number of likely N-dealkylation sites (N-methyl/N-ethyl adjacent to an activating group) is 1. The molecule has 0 saturated carbocycles. The minimum absolute atomic E-state index is 0.0932. The second-order valence-corrected chi connectivity index (χ2v) is 6.81. The fourth-order valence-electron chi connectivity index (χ4n) is 3.49. The number of pyridine rings is 1. The molecule has 3 heterocycles. The molecule has 142 valence electrons. The maximum Gasteiger partial charge on any atom is 0.417 e. The molecule has 0 bridgehead atoms. The number of halogens is 3. The number of rotatable bonds is 3. The zero-order valence-corrected chi connectivity index (χ0v) is 14.4. The van der Waals surface area contributed by atoms with Gasteiger partial charge in [0.05, 0.1) is 17.2 Å². The highest BCUT2D eigenvalue weighted by Crippen LogP contribution is 2.29. The van der Waals surface area contributed by atoms with E-state index in [-0.39, 0.29) is 23.6 Å². The lowest BCUT2D eigenvalue weighted by Crippen LogP contribution is -2.50. The summed E-state index contributed by atoms with van der Waals surface area (Å²) in [4.78, 5) is 31.7. The Morgan fingerprint density at radius 1 is 1.19 bits per heavy atom. The lowest BCUT2D eigenvalue weighted by Gasteiger charge is -2.35. The van der Waals surface area contributed by atoms with Gasteiger partial charge in [-0.05, 0) is 25.3 Å². The Hall–Kier alpha value is -2.16. The summed E-state index contributed by atoms with van der Waals surface area (Å²) in [5.41, 5.74) is -1.04. The molecule has 1 unspecified atom stereocenters. The van der Waals surface area contributed by atoms with E-state index in [1.807, 2.05) is 0 Å². The van der Waals surface area contributed by atoms with Crippen molar-refractivity contribution in [2.24, 2.45) is 0 Å². The Balaban J connectivity index is 1.55. The highest BCUT2D eigenvalue weighted by molar-refractivity contribution is 5.94. The lowest BCUT2D eigenvalue weighted by molar-refractivity contribution is -0.137. The summed E-state index contributed by atoms with van der Waals surface area (Å²) in [6.45, 7) is 2.11. The maximum absolute atomic E-state index is 12.7. The number of hydrogen-bond donors (Lipinski definition) is 1. The molecular weight excluding hydrogens is 349 g/mol. The number of nitrogens with zero attached hydrogens (tertiary/aromatic N) is 3. The van der Waals surface area contributed by atoms with Crippen molar-refractivity contribution in [1.29, 1.82) is 0 Å². The molecule has 0 radical (unpaired) electrons. The number of hydrogen-bond acceptors (Lipinski definition) is 4. The summed E-state index contributed by atoms with van der Waals surface area (Å²) in [6, 6.07) is 0.594. The minimum atomic E-state index is -4.53. The van der Waals surface area contributed by atoms with Crippen LogP contribution in [0.1, 0.15) is 35.2 Å². The summed E-state index contributed by atoms with van der Waals surface area (Å²) in [6.07, 6.45) is -0.577. The Morgan fingerprint density at radius 2 is 1.88 bits per heavy atom. The third kappa shape index (κ3) is 3.98. The van der Waals surface area contributed by atoms with Crippen molar-refractivity contribution in [3.05, 3.63) is 29.6 Å². The summed E-state index contributed by atoms with van der Waals surface area (Å²) >= 11 is 0. The number of amides is 2. The Kier molecular flexibility index (Phi) is 5.17. The van der Waals surface area contributed by atoms with E-state index in [1.54, 1.807) is 11.9 Å². The number of nitrogens with one attached hydrogen (secondary N) is 1. The highest BCUT2D eigenvalue weighted by Gasteiger charge is 2.36. The van der Waals surface area contributed by atoms with Gasteiger partial charge in [0.15, 0.2) is 0 Å². The van der Waals surface area contributed by atoms with Crippen molar-refractivity contribution in [3.8, 4) is 0 Å². The average Bonchev–Trinajstić information content (AvgIpc) is 2.94. The van der Waals surface area contributed by atoms with Crippen LogP contribution in [0.4, 0.5) is 13.2 Å². The smallest absolute Gasteiger partial charge is 0.349 e. The van der Waals surface area contributed by atoms with E-state index in [0.717, 1.165) is 25.2 Å². The molecule has 2 aliphatic heterocycles. The van der Waals surface area contributed by atoms with Crippen molar-refractivity contribution < 1.29 is 22.8 Å². The van der Waals surface area contributed by atoms with Gasteiger partial charge in [-0.3, -0.25) is 19.5 Å². The zero-order chi connectivity index (χ0) is 18.9. The predicted octanol–water partition coefficient (Wildman–Crippen LogP) is 1.53. The van der Waals surface area contributed by atoms with Crippen LogP contribution < -0.4 is 5.32 Å². The molecule has 1 aromatic rings. The molecule has 0 spiro atoms. The standard InChI is InChI=1S/C17H21F3N4O2/c1-23-5-4-14(16(23)26)24-6-2-13(3-7-24)22-15(25)11-8-12(10-21-9-11)17(18,19)20/h8-10,13-14H,2-7H2,1H3,(H,22,25). The topological polar surface area (TPSA) is 65.5 Å². The molecule has 6 nitrogen and oxygen atoms in total. The van der Waals surface area contributed by atoms with Crippen LogP contribution in [0.3, 0.4) is 0 Å². The minimum Gasteiger partial charge on any atom is -0.349 e. The van der Waals surface area contributed by atoms with Gasteiger partial charge in [-0.25, -0.2) is 0 Å². The van der Waals surface area contributed by atoms with Crippen LogP contribution in [0, 0.1) is 0 Å². The van der Waals surface area contributed by atoms with Gasteiger partial charge in [-0.2, -0.15) is 13.2 Å². The third-order valence-corrected chi connectivity index (χ3v) is 5.03. The number of aromatic nitrogens is 1. The van der Waals surface area contributed by atoms with Gasteiger partial charge in [-0.15, -0.1) is 0 Å². The first-order valence-electron chi connectivity index (χ1n) is 8.58. The fraction of sp³-hybridized carbons (Fsp3) is 0.588. The first-order valence-corrected chi connectivity index (χ1v) is 8.58. The van der Waals surface area contributed by atoms with Gasteiger partial charge < -0.3 is 10.2 Å². The zero-order valence-electron chi connectivity index (χ0n) is 14.4. The summed E-state index contributed by atoms with van der Waals surface area (Å²) in [5, 5.41) is 2.78. The van der Waals surface area contributed by atoms with Crippen molar-refractivity contribution >= 4 is 11.8 Å². The van der Waals surface area contributed by atoms with Crippen molar-refractivity contribution in [2.75, 3.05) is 26.7 Å². The van der Waals surface area contributed by atoms with Crippen LogP contribution in [0.15, 0.2) is 18.5 Å². The molecule has 1 N–H and O–H groups in total. The Bertz CT molecular complexity index is 687. The summed E-state index contributed by atoms with van der Waals surface area (Å²) < 4.78 is 38.2. The van der Waals surface area contributed by atoms with Crippen LogP contribution in [-0.4, -0.2) is 65.4 Å². The highest BCUT2D eigenvalue weighted by atomic mass is 19.4. The Morgan fingerprint density at radius 3 is 2.46 bits per heavy atom. The van der Waals surface area contributed by atoms with Gasteiger partial charge in [0.2, 0.25) is 5.91 Å². The van der Waals surface area contributed by atoms with Crippen molar-refractivity contribution in [1.82, 2.24) is 20.1 Å². The summed E-state index contributed by atoms with van der Waals surface area (Å²) in [7, 11) is 1.79. The monoisotopic (exact) mass is 370 g/mol. The third-order valence-electron chi connectivity index (χ3n) is 5.03. The predicted molar refractivity (Wildman–Crippen MR) is 87.3 cm³/mol. The van der Waals surface area contributed by atoms with Crippen molar-refractivity contribution in [3.63, 3.8) is 0 Å². The molecule has 1 atom stereocenters. The van der Waals surface area contributed by atoms with Gasteiger partial charge in [0.1, 0.15) is 0 Å². The maximum atomic E-state index is 12.7.